The molecule has 2 unspecified atom stereocenters. The third-order valence-electron chi connectivity index (χ3n) is 3.97. The summed E-state index contributed by atoms with van der Waals surface area (Å²) in [6.07, 6.45) is 0.591. The lowest BCUT2D eigenvalue weighted by Crippen LogP contribution is -2.59. The van der Waals surface area contributed by atoms with Crippen LogP contribution in [-0.2, 0) is 6.54 Å². The van der Waals surface area contributed by atoms with E-state index in [-0.39, 0.29) is 18.1 Å². The number of hydrogen-bond acceptors (Lipinski definition) is 4. The Balaban J connectivity index is 1.88. The SMILES string of the molecule is CC1(C)C(O)CC1NCc1cccc(OCC#N)c1. The van der Waals surface area contributed by atoms with E-state index in [1.807, 2.05) is 30.3 Å². The number of aliphatic hydroxyl groups excluding tert-OH is 1. The van der Waals surface area contributed by atoms with Crippen LogP contribution >= 0.6 is 0 Å². The number of ether oxygens (including phenoxy) is 1. The van der Waals surface area contributed by atoms with Crippen LogP contribution < -0.4 is 10.1 Å². The molecule has 1 aliphatic rings. The van der Waals surface area contributed by atoms with Gasteiger partial charge >= 0.3 is 0 Å². The van der Waals surface area contributed by atoms with E-state index in [2.05, 4.69) is 19.2 Å². The average Bonchev–Trinajstić information content (AvgIpc) is 2.41. The van der Waals surface area contributed by atoms with Gasteiger partial charge in [0, 0.05) is 18.0 Å². The molecule has 1 aliphatic carbocycles. The van der Waals surface area contributed by atoms with E-state index in [0.717, 1.165) is 18.5 Å². The Kier molecular flexibility index (Phi) is 4.08. The Morgan fingerprint density at radius 2 is 2.32 bits per heavy atom. The molecule has 0 radical (unpaired) electrons. The summed E-state index contributed by atoms with van der Waals surface area (Å²) in [5.74, 6) is 0.716. The predicted molar refractivity (Wildman–Crippen MR) is 72.6 cm³/mol. The minimum atomic E-state index is -0.213. The standard InChI is InChI=1S/C15H20N2O2/c1-15(2)13(9-14(15)18)17-10-11-4-3-5-12(8-11)19-7-6-16/h3-5,8,13-14,17-18H,7,9-10H2,1-2H3. The summed E-state index contributed by atoms with van der Waals surface area (Å²) in [5, 5.41) is 21.6. The molecule has 4 nitrogen and oxygen atoms in total. The van der Waals surface area contributed by atoms with Gasteiger partial charge in [-0.2, -0.15) is 5.26 Å². The van der Waals surface area contributed by atoms with Crippen LogP contribution in [0.15, 0.2) is 24.3 Å². The van der Waals surface area contributed by atoms with Gasteiger partial charge in [-0.05, 0) is 24.1 Å². The lowest BCUT2D eigenvalue weighted by Gasteiger charge is -2.49. The molecule has 4 heteroatoms. The fraction of sp³-hybridized carbons (Fsp3) is 0.533. The average molecular weight is 260 g/mol. The molecule has 0 heterocycles. The molecule has 1 fully saturated rings. The third-order valence-corrected chi connectivity index (χ3v) is 3.97. The zero-order valence-corrected chi connectivity index (χ0v) is 11.4. The smallest absolute Gasteiger partial charge is 0.174 e. The topological polar surface area (TPSA) is 65.3 Å². The van der Waals surface area contributed by atoms with Gasteiger partial charge in [-0.1, -0.05) is 26.0 Å². The molecule has 1 saturated carbocycles. The second-order valence-electron chi connectivity index (χ2n) is 5.60. The molecule has 0 bridgehead atoms. The van der Waals surface area contributed by atoms with Crippen molar-refractivity contribution < 1.29 is 9.84 Å². The van der Waals surface area contributed by atoms with Gasteiger partial charge in [-0.15, -0.1) is 0 Å². The Hall–Kier alpha value is -1.57. The van der Waals surface area contributed by atoms with Crippen molar-refractivity contribution in [2.75, 3.05) is 6.61 Å². The number of aliphatic hydroxyl groups is 1. The lowest BCUT2D eigenvalue weighted by molar-refractivity contribution is -0.0729. The van der Waals surface area contributed by atoms with Crippen LogP contribution in [0.4, 0.5) is 0 Å². The molecule has 0 aliphatic heterocycles. The summed E-state index contributed by atoms with van der Waals surface area (Å²) < 4.78 is 5.27. The van der Waals surface area contributed by atoms with E-state index in [1.54, 1.807) is 0 Å². The first kappa shape index (κ1) is 13.9. The van der Waals surface area contributed by atoms with Gasteiger partial charge in [0.15, 0.2) is 6.61 Å². The van der Waals surface area contributed by atoms with Gasteiger partial charge in [0.1, 0.15) is 11.8 Å². The maximum absolute atomic E-state index is 9.69. The minimum absolute atomic E-state index is 0.0606. The maximum Gasteiger partial charge on any atom is 0.174 e. The third kappa shape index (κ3) is 3.06. The molecule has 19 heavy (non-hydrogen) atoms. The fourth-order valence-electron chi connectivity index (χ4n) is 2.35. The monoisotopic (exact) mass is 260 g/mol. The summed E-state index contributed by atoms with van der Waals surface area (Å²) in [7, 11) is 0. The van der Waals surface area contributed by atoms with Crippen LogP contribution in [0.5, 0.6) is 5.75 Å². The van der Waals surface area contributed by atoms with Gasteiger partial charge in [-0.25, -0.2) is 0 Å². The maximum atomic E-state index is 9.69. The van der Waals surface area contributed by atoms with Crippen molar-refractivity contribution in [3.8, 4) is 11.8 Å². The van der Waals surface area contributed by atoms with Crippen LogP contribution in [0.2, 0.25) is 0 Å². The number of hydrogen-bond donors (Lipinski definition) is 2. The van der Waals surface area contributed by atoms with Crippen molar-refractivity contribution in [3.63, 3.8) is 0 Å². The van der Waals surface area contributed by atoms with Gasteiger partial charge < -0.3 is 15.2 Å². The predicted octanol–water partition coefficient (Wildman–Crippen LogP) is 1.84. The number of nitrogens with zero attached hydrogens (tertiary/aromatic N) is 1. The Morgan fingerprint density at radius 3 is 2.95 bits per heavy atom. The quantitative estimate of drug-likeness (QED) is 0.848. The molecule has 0 saturated heterocycles. The molecule has 2 N–H and O–H groups in total. The summed E-state index contributed by atoms with van der Waals surface area (Å²) in [5.41, 5.74) is 1.06. The highest BCUT2D eigenvalue weighted by Crippen LogP contribution is 2.40. The molecule has 102 valence electrons. The molecular weight excluding hydrogens is 240 g/mol. The zero-order chi connectivity index (χ0) is 13.9. The molecule has 0 aromatic heterocycles. The largest absolute Gasteiger partial charge is 0.479 e. The fourth-order valence-corrected chi connectivity index (χ4v) is 2.35. The van der Waals surface area contributed by atoms with Gasteiger partial charge in [0.25, 0.3) is 0 Å². The number of nitriles is 1. The van der Waals surface area contributed by atoms with Crippen LogP contribution in [0.1, 0.15) is 25.8 Å². The van der Waals surface area contributed by atoms with E-state index >= 15 is 0 Å². The highest BCUT2D eigenvalue weighted by molar-refractivity contribution is 5.28. The normalized spacial score (nSPS) is 24.3. The summed E-state index contributed by atoms with van der Waals surface area (Å²) in [4.78, 5) is 0. The Morgan fingerprint density at radius 1 is 1.53 bits per heavy atom. The van der Waals surface area contributed by atoms with E-state index in [9.17, 15) is 5.11 Å². The minimum Gasteiger partial charge on any atom is -0.479 e. The van der Waals surface area contributed by atoms with E-state index < -0.39 is 0 Å². The van der Waals surface area contributed by atoms with E-state index in [1.165, 1.54) is 0 Å². The van der Waals surface area contributed by atoms with Crippen molar-refractivity contribution in [2.45, 2.75) is 39.0 Å². The van der Waals surface area contributed by atoms with Crippen LogP contribution in [-0.4, -0.2) is 23.9 Å². The number of nitrogens with one attached hydrogen (secondary N) is 1. The van der Waals surface area contributed by atoms with Gasteiger partial charge in [0.05, 0.1) is 6.10 Å². The van der Waals surface area contributed by atoms with E-state index in [4.69, 9.17) is 10.00 Å². The van der Waals surface area contributed by atoms with Gasteiger partial charge in [-0.3, -0.25) is 0 Å². The van der Waals surface area contributed by atoms with Crippen molar-refractivity contribution >= 4 is 0 Å². The zero-order valence-electron chi connectivity index (χ0n) is 11.4. The number of rotatable bonds is 5. The van der Waals surface area contributed by atoms with Crippen molar-refractivity contribution in [1.29, 1.82) is 5.26 Å². The van der Waals surface area contributed by atoms with Gasteiger partial charge in [0.2, 0.25) is 0 Å². The van der Waals surface area contributed by atoms with E-state index in [0.29, 0.717) is 11.8 Å². The van der Waals surface area contributed by atoms with Crippen LogP contribution in [0.25, 0.3) is 0 Å². The Labute approximate surface area is 114 Å². The van der Waals surface area contributed by atoms with Crippen molar-refractivity contribution in [2.24, 2.45) is 5.41 Å². The molecule has 2 atom stereocenters. The first-order chi connectivity index (χ1) is 9.04. The first-order valence-electron chi connectivity index (χ1n) is 6.54. The first-order valence-corrected chi connectivity index (χ1v) is 6.54. The molecule has 2 rings (SSSR count). The molecule has 1 aromatic rings. The van der Waals surface area contributed by atoms with Crippen LogP contribution in [0.3, 0.4) is 0 Å². The summed E-state index contributed by atoms with van der Waals surface area (Å²) >= 11 is 0. The highest BCUT2D eigenvalue weighted by atomic mass is 16.5. The number of benzene rings is 1. The molecule has 0 amide bonds. The lowest BCUT2D eigenvalue weighted by atomic mass is 9.64. The van der Waals surface area contributed by atoms with Crippen LogP contribution in [0, 0.1) is 16.7 Å². The Bertz CT molecular complexity index is 479. The van der Waals surface area contributed by atoms with Crippen molar-refractivity contribution in [3.05, 3.63) is 29.8 Å². The second kappa shape index (κ2) is 5.60. The molecule has 0 spiro atoms. The molecule has 1 aromatic carbocycles. The van der Waals surface area contributed by atoms with Crippen molar-refractivity contribution in [1.82, 2.24) is 5.32 Å². The second-order valence-corrected chi connectivity index (χ2v) is 5.60. The summed E-state index contributed by atoms with van der Waals surface area (Å²) in [6.45, 7) is 4.96. The summed E-state index contributed by atoms with van der Waals surface area (Å²) in [6, 6.07) is 10.0. The highest BCUT2D eigenvalue weighted by Gasteiger charge is 2.46. The molecular formula is C15H20N2O2.